The van der Waals surface area contributed by atoms with Crippen LogP contribution in [0, 0.1) is 11.3 Å². The van der Waals surface area contributed by atoms with Gasteiger partial charge in [-0.05, 0) is 37.0 Å². The van der Waals surface area contributed by atoms with Crippen LogP contribution in [0.2, 0.25) is 5.02 Å². The molecule has 0 radical (unpaired) electrons. The molecule has 1 heterocycles. The van der Waals surface area contributed by atoms with Crippen LogP contribution in [0.1, 0.15) is 46.6 Å². The molecule has 8 heteroatoms. The number of halogens is 1. The van der Waals surface area contributed by atoms with E-state index in [-0.39, 0.29) is 18.4 Å². The summed E-state index contributed by atoms with van der Waals surface area (Å²) >= 11 is 5.99. The standard InChI is InChI=1S/C22H34ClN3O4/c1-14(2)18(25-20(29)24-12-15(3)27)19(28)26-11-10-22(30,21(4,5)13-26)16-6-8-17(23)9-7-16/h6-9,14-15,18,27,30H,10-13H2,1-5H3,(H2,24,25,29)/t15-,18-,22+/m1/s1. The first-order valence-corrected chi connectivity index (χ1v) is 10.7. The van der Waals surface area contributed by atoms with Gasteiger partial charge < -0.3 is 25.7 Å². The van der Waals surface area contributed by atoms with E-state index in [1.165, 1.54) is 0 Å². The summed E-state index contributed by atoms with van der Waals surface area (Å²) in [6.07, 6.45) is -0.288. The zero-order valence-corrected chi connectivity index (χ0v) is 19.2. The SMILES string of the molecule is CC(C)[C@@H](NC(=O)NC[C@@H](C)O)C(=O)N1CC[C@](O)(c2ccc(Cl)cc2)C(C)(C)C1. The van der Waals surface area contributed by atoms with E-state index in [4.69, 9.17) is 11.6 Å². The number of benzene rings is 1. The molecule has 0 unspecified atom stereocenters. The Morgan fingerprint density at radius 1 is 1.20 bits per heavy atom. The second-order valence-corrected chi connectivity index (χ2v) is 9.62. The number of nitrogens with one attached hydrogen (secondary N) is 2. The van der Waals surface area contributed by atoms with Gasteiger partial charge >= 0.3 is 6.03 Å². The van der Waals surface area contributed by atoms with Crippen molar-refractivity contribution in [2.75, 3.05) is 19.6 Å². The number of hydrogen-bond donors (Lipinski definition) is 4. The van der Waals surface area contributed by atoms with Crippen LogP contribution in [-0.2, 0) is 10.4 Å². The second-order valence-electron chi connectivity index (χ2n) is 9.19. The molecule has 1 aromatic rings. The summed E-state index contributed by atoms with van der Waals surface area (Å²) in [5.74, 6) is -0.293. The van der Waals surface area contributed by atoms with Gasteiger partial charge in [0.05, 0.1) is 11.7 Å². The van der Waals surface area contributed by atoms with Crippen LogP contribution >= 0.6 is 11.6 Å². The van der Waals surface area contributed by atoms with Crippen molar-refractivity contribution < 1.29 is 19.8 Å². The molecule has 0 saturated carbocycles. The van der Waals surface area contributed by atoms with Crippen LogP contribution in [0.3, 0.4) is 0 Å². The largest absolute Gasteiger partial charge is 0.392 e. The van der Waals surface area contributed by atoms with Crippen LogP contribution in [0.25, 0.3) is 0 Å². The first-order valence-electron chi connectivity index (χ1n) is 10.4. The van der Waals surface area contributed by atoms with Crippen molar-refractivity contribution >= 4 is 23.5 Å². The number of aliphatic hydroxyl groups is 2. The lowest BCUT2D eigenvalue weighted by Gasteiger charge is -2.51. The van der Waals surface area contributed by atoms with Crippen LogP contribution in [0.5, 0.6) is 0 Å². The molecule has 30 heavy (non-hydrogen) atoms. The predicted octanol–water partition coefficient (Wildman–Crippen LogP) is 2.49. The van der Waals surface area contributed by atoms with Crippen molar-refractivity contribution in [1.82, 2.24) is 15.5 Å². The van der Waals surface area contributed by atoms with E-state index in [2.05, 4.69) is 10.6 Å². The highest BCUT2D eigenvalue weighted by molar-refractivity contribution is 6.30. The molecule has 2 rings (SSSR count). The van der Waals surface area contributed by atoms with Gasteiger partial charge in [-0.25, -0.2) is 4.79 Å². The molecule has 0 spiro atoms. The fourth-order valence-corrected chi connectivity index (χ4v) is 4.04. The van der Waals surface area contributed by atoms with Crippen molar-refractivity contribution in [3.05, 3.63) is 34.9 Å². The van der Waals surface area contributed by atoms with E-state index in [1.54, 1.807) is 24.0 Å². The number of aliphatic hydroxyl groups excluding tert-OH is 1. The number of amides is 3. The van der Waals surface area contributed by atoms with E-state index in [0.29, 0.717) is 24.5 Å². The Balaban J connectivity index is 2.13. The number of piperidine rings is 1. The van der Waals surface area contributed by atoms with Gasteiger partial charge in [0.2, 0.25) is 5.91 Å². The normalized spacial score (nSPS) is 23.0. The second kappa shape index (κ2) is 9.54. The predicted molar refractivity (Wildman–Crippen MR) is 117 cm³/mol. The van der Waals surface area contributed by atoms with Gasteiger partial charge in [0.25, 0.3) is 0 Å². The Morgan fingerprint density at radius 3 is 2.30 bits per heavy atom. The summed E-state index contributed by atoms with van der Waals surface area (Å²) in [5.41, 5.74) is -0.922. The lowest BCUT2D eigenvalue weighted by Crippen LogP contribution is -2.61. The number of nitrogens with zero attached hydrogens (tertiary/aromatic N) is 1. The average molecular weight is 440 g/mol. The highest BCUT2D eigenvalue weighted by Gasteiger charge is 2.50. The lowest BCUT2D eigenvalue weighted by molar-refractivity contribution is -0.155. The molecule has 168 valence electrons. The molecular formula is C22H34ClN3O4. The van der Waals surface area contributed by atoms with Crippen LogP contribution in [-0.4, -0.2) is 58.8 Å². The molecule has 0 bridgehead atoms. The number of carbonyl (C=O) groups excluding carboxylic acids is 2. The van der Waals surface area contributed by atoms with Crippen molar-refractivity contribution in [1.29, 1.82) is 0 Å². The van der Waals surface area contributed by atoms with Gasteiger partial charge in [-0.15, -0.1) is 0 Å². The number of carbonyl (C=O) groups is 2. The van der Waals surface area contributed by atoms with Gasteiger partial charge in [-0.1, -0.05) is 51.4 Å². The summed E-state index contributed by atoms with van der Waals surface area (Å²) in [5, 5.41) is 26.7. The number of hydrogen-bond acceptors (Lipinski definition) is 4. The molecule has 1 aliphatic heterocycles. The topological polar surface area (TPSA) is 102 Å². The zero-order chi connectivity index (χ0) is 22.7. The van der Waals surface area contributed by atoms with E-state index in [1.807, 2.05) is 39.8 Å². The Bertz CT molecular complexity index is 751. The van der Waals surface area contributed by atoms with E-state index in [0.717, 1.165) is 5.56 Å². The zero-order valence-electron chi connectivity index (χ0n) is 18.4. The maximum atomic E-state index is 13.2. The molecule has 1 aromatic carbocycles. The molecule has 1 fully saturated rings. The lowest BCUT2D eigenvalue weighted by atomic mass is 9.66. The smallest absolute Gasteiger partial charge is 0.315 e. The van der Waals surface area contributed by atoms with Gasteiger partial charge in [-0.3, -0.25) is 4.79 Å². The first kappa shape index (κ1) is 24.4. The van der Waals surface area contributed by atoms with E-state index < -0.39 is 29.2 Å². The van der Waals surface area contributed by atoms with Crippen LogP contribution < -0.4 is 10.6 Å². The minimum absolute atomic E-state index is 0.107. The molecule has 3 atom stereocenters. The average Bonchev–Trinajstić information content (AvgIpc) is 2.66. The van der Waals surface area contributed by atoms with Crippen molar-refractivity contribution in [2.45, 2.75) is 58.8 Å². The van der Waals surface area contributed by atoms with Crippen molar-refractivity contribution in [3.63, 3.8) is 0 Å². The Hall–Kier alpha value is -1.83. The third kappa shape index (κ3) is 5.45. The minimum atomic E-state index is -1.09. The van der Waals surface area contributed by atoms with Gasteiger partial charge in [-0.2, -0.15) is 0 Å². The maximum absolute atomic E-state index is 13.2. The highest BCUT2D eigenvalue weighted by Crippen LogP contribution is 2.46. The number of likely N-dealkylation sites (tertiary alicyclic amines) is 1. The molecule has 0 aromatic heterocycles. The molecule has 1 saturated heterocycles. The summed E-state index contributed by atoms with van der Waals surface area (Å²) in [7, 11) is 0. The Morgan fingerprint density at radius 2 is 1.80 bits per heavy atom. The highest BCUT2D eigenvalue weighted by atomic mass is 35.5. The molecule has 0 aliphatic carbocycles. The molecule has 4 N–H and O–H groups in total. The van der Waals surface area contributed by atoms with Gasteiger partial charge in [0, 0.05) is 30.1 Å². The summed E-state index contributed by atoms with van der Waals surface area (Å²) < 4.78 is 0. The summed E-state index contributed by atoms with van der Waals surface area (Å²) in [6, 6.07) is 5.98. The fourth-order valence-electron chi connectivity index (χ4n) is 3.91. The van der Waals surface area contributed by atoms with Gasteiger partial charge in [0.1, 0.15) is 6.04 Å². The summed E-state index contributed by atoms with van der Waals surface area (Å²) in [6.45, 7) is 10.0. The molecule has 1 aliphatic rings. The van der Waals surface area contributed by atoms with Crippen molar-refractivity contribution in [2.24, 2.45) is 11.3 Å². The maximum Gasteiger partial charge on any atom is 0.315 e. The van der Waals surface area contributed by atoms with E-state index in [9.17, 15) is 19.8 Å². The van der Waals surface area contributed by atoms with Crippen LogP contribution in [0.15, 0.2) is 24.3 Å². The van der Waals surface area contributed by atoms with Crippen LogP contribution in [0.4, 0.5) is 4.79 Å². The third-order valence-electron chi connectivity index (χ3n) is 5.86. The van der Waals surface area contributed by atoms with Crippen molar-refractivity contribution in [3.8, 4) is 0 Å². The van der Waals surface area contributed by atoms with E-state index >= 15 is 0 Å². The number of urea groups is 1. The Kier molecular flexibility index (Phi) is 7.77. The first-order chi connectivity index (χ1) is 13.9. The fraction of sp³-hybridized carbons (Fsp3) is 0.636. The minimum Gasteiger partial charge on any atom is -0.392 e. The summed E-state index contributed by atoms with van der Waals surface area (Å²) in [4.78, 5) is 27.1. The quantitative estimate of drug-likeness (QED) is 0.546. The number of rotatable bonds is 6. The molecular weight excluding hydrogens is 406 g/mol. The molecule has 3 amide bonds. The third-order valence-corrected chi connectivity index (χ3v) is 6.11. The Labute approximate surface area is 183 Å². The molecule has 7 nitrogen and oxygen atoms in total. The van der Waals surface area contributed by atoms with Gasteiger partial charge in [0.15, 0.2) is 0 Å². The monoisotopic (exact) mass is 439 g/mol.